The summed E-state index contributed by atoms with van der Waals surface area (Å²) in [6.07, 6.45) is 0. The lowest BCUT2D eigenvalue weighted by Crippen LogP contribution is -2.38. The molecule has 1 heterocycles. The van der Waals surface area contributed by atoms with Crippen LogP contribution in [0, 0.1) is 0 Å². The molecule has 3 aromatic rings. The van der Waals surface area contributed by atoms with Crippen molar-refractivity contribution in [3.8, 4) is 5.69 Å². The highest BCUT2D eigenvalue weighted by Gasteiger charge is 2.33. The van der Waals surface area contributed by atoms with Crippen molar-refractivity contribution in [1.82, 2.24) is 0 Å². The van der Waals surface area contributed by atoms with Gasteiger partial charge in [0.1, 0.15) is 4.70 Å². The van der Waals surface area contributed by atoms with Crippen molar-refractivity contribution in [2.24, 2.45) is 0 Å². The number of benzene rings is 2. The number of hydrogen-bond donors (Lipinski definition) is 1. The Kier molecular flexibility index (Phi) is 4.41. The van der Waals surface area contributed by atoms with Crippen LogP contribution in [0.5, 0.6) is 0 Å². The lowest BCUT2D eigenvalue weighted by atomic mass is 9.92. The summed E-state index contributed by atoms with van der Waals surface area (Å²) in [5.41, 5.74) is 4.33. The number of carboxylic acid groups (broad SMARTS) is 1. The number of aromatic carboxylic acids is 1. The quantitative estimate of drug-likeness (QED) is 0.670. The van der Waals surface area contributed by atoms with Gasteiger partial charge >= 0.3 is 11.0 Å². The number of aromatic nitrogens is 1. The number of rotatable bonds is 4. The lowest BCUT2D eigenvalue weighted by molar-refractivity contribution is -0.566. The second-order valence-corrected chi connectivity index (χ2v) is 7.64. The largest absolute Gasteiger partial charge is 0.473 e. The van der Waals surface area contributed by atoms with Crippen molar-refractivity contribution >= 4 is 27.5 Å². The monoisotopic (exact) mass is 340 g/mol. The predicted octanol–water partition coefficient (Wildman–Crippen LogP) is 5.12. The molecule has 24 heavy (non-hydrogen) atoms. The Labute approximate surface area is 146 Å². The lowest BCUT2D eigenvalue weighted by Gasteiger charge is -2.14. The first kappa shape index (κ1) is 16.7. The van der Waals surface area contributed by atoms with Crippen molar-refractivity contribution in [1.29, 1.82) is 0 Å². The third-order valence-corrected chi connectivity index (χ3v) is 5.38. The van der Waals surface area contributed by atoms with Gasteiger partial charge in [0.05, 0.1) is 0 Å². The van der Waals surface area contributed by atoms with Gasteiger partial charge in [-0.15, -0.1) is 4.57 Å². The second-order valence-electron chi connectivity index (χ2n) is 6.61. The summed E-state index contributed by atoms with van der Waals surface area (Å²) in [5, 5.41) is 10.1. The van der Waals surface area contributed by atoms with E-state index < -0.39 is 5.97 Å². The van der Waals surface area contributed by atoms with Gasteiger partial charge in [0.25, 0.3) is 0 Å². The zero-order valence-corrected chi connectivity index (χ0v) is 15.2. The normalized spacial score (nSPS) is 11.6. The maximum Gasteiger partial charge on any atom is 0.413 e. The predicted molar refractivity (Wildman–Crippen MR) is 98.5 cm³/mol. The van der Waals surface area contributed by atoms with Crippen LogP contribution >= 0.6 is 11.3 Å². The third-order valence-electron chi connectivity index (χ3n) is 4.26. The van der Waals surface area contributed by atoms with E-state index in [1.165, 1.54) is 22.5 Å². The molecule has 0 fully saturated rings. The van der Waals surface area contributed by atoms with Crippen LogP contribution in [-0.2, 0) is 0 Å². The van der Waals surface area contributed by atoms with E-state index in [-0.39, 0.29) is 0 Å². The Bertz CT molecular complexity index is 883. The van der Waals surface area contributed by atoms with E-state index in [9.17, 15) is 9.90 Å². The maximum atomic E-state index is 11.9. The summed E-state index contributed by atoms with van der Waals surface area (Å²) in [5.74, 6) is -0.262. The molecule has 4 heteroatoms. The molecule has 3 nitrogen and oxygen atoms in total. The molecule has 0 atom stereocenters. The van der Waals surface area contributed by atoms with Gasteiger partial charge in [0.2, 0.25) is 11.2 Å². The molecule has 0 saturated heterocycles. The first-order valence-corrected chi connectivity index (χ1v) is 9.03. The van der Waals surface area contributed by atoms with Crippen LogP contribution in [0.3, 0.4) is 0 Å². The average Bonchev–Trinajstić information content (AvgIpc) is 2.93. The minimum atomic E-state index is -0.885. The van der Waals surface area contributed by atoms with Gasteiger partial charge in [-0.25, -0.2) is 4.79 Å². The molecule has 0 saturated carbocycles. The molecule has 1 aromatic heterocycles. The first-order valence-electron chi connectivity index (χ1n) is 8.21. The molecule has 1 N–H and O–H groups in total. The number of fused-ring (bicyclic) bond motifs is 1. The van der Waals surface area contributed by atoms with Gasteiger partial charge in [-0.2, -0.15) is 0 Å². The first-order chi connectivity index (χ1) is 11.4. The van der Waals surface area contributed by atoms with Crippen molar-refractivity contribution in [3.63, 3.8) is 0 Å². The zero-order valence-electron chi connectivity index (χ0n) is 14.4. The second kappa shape index (κ2) is 6.36. The molecule has 0 amide bonds. The molecule has 124 valence electrons. The van der Waals surface area contributed by atoms with Gasteiger partial charge < -0.3 is 5.11 Å². The van der Waals surface area contributed by atoms with Crippen molar-refractivity contribution < 1.29 is 14.5 Å². The Morgan fingerprint density at radius 1 is 0.958 bits per heavy atom. The molecule has 2 aromatic carbocycles. The smallest absolute Gasteiger partial charge is 0.413 e. The van der Waals surface area contributed by atoms with E-state index in [1.807, 2.05) is 28.8 Å². The van der Waals surface area contributed by atoms with E-state index in [2.05, 4.69) is 45.9 Å². The van der Waals surface area contributed by atoms with Gasteiger partial charge in [-0.1, -0.05) is 69.4 Å². The van der Waals surface area contributed by atoms with E-state index in [0.717, 1.165) is 15.9 Å². The van der Waals surface area contributed by atoms with Gasteiger partial charge in [0.15, 0.2) is 0 Å². The number of hydrogen-bond acceptors (Lipinski definition) is 2. The summed E-state index contributed by atoms with van der Waals surface area (Å²) in [6, 6.07) is 14.2. The van der Waals surface area contributed by atoms with Crippen molar-refractivity contribution in [2.45, 2.75) is 39.5 Å². The van der Waals surface area contributed by atoms with Crippen LogP contribution in [0.25, 0.3) is 15.9 Å². The van der Waals surface area contributed by atoms with Crippen molar-refractivity contribution in [2.75, 3.05) is 0 Å². The zero-order chi connectivity index (χ0) is 17.4. The fourth-order valence-electron chi connectivity index (χ4n) is 3.12. The molecule has 0 unspecified atom stereocenters. The Balaban J connectivity index is 2.47. The van der Waals surface area contributed by atoms with Crippen LogP contribution in [0.4, 0.5) is 0 Å². The average molecular weight is 340 g/mol. The van der Waals surface area contributed by atoms with E-state index in [1.54, 1.807) is 0 Å². The highest BCUT2D eigenvalue weighted by Crippen LogP contribution is 2.31. The van der Waals surface area contributed by atoms with E-state index in [4.69, 9.17) is 0 Å². The van der Waals surface area contributed by atoms with E-state index in [0.29, 0.717) is 16.8 Å². The van der Waals surface area contributed by atoms with Crippen molar-refractivity contribution in [3.05, 3.63) is 58.6 Å². The van der Waals surface area contributed by atoms with Crippen LogP contribution in [0.1, 0.15) is 60.5 Å². The molecular weight excluding hydrogens is 318 g/mol. The molecule has 0 radical (unpaired) electrons. The molecular formula is C20H22NO2S+. The summed E-state index contributed by atoms with van der Waals surface area (Å²) >= 11 is 1.33. The molecule has 0 aliphatic rings. The van der Waals surface area contributed by atoms with Crippen LogP contribution in [0.15, 0.2) is 42.5 Å². The SMILES string of the molecule is CC(C)c1cccc(C(C)C)c1-[n+]1c(C(=O)O)sc2ccccc21. The number of carbonyl (C=O) groups is 1. The van der Waals surface area contributed by atoms with Gasteiger partial charge in [0, 0.05) is 17.2 Å². The topological polar surface area (TPSA) is 41.2 Å². The van der Waals surface area contributed by atoms with E-state index >= 15 is 0 Å². The molecule has 3 rings (SSSR count). The standard InChI is InChI=1S/C20H21NO2S/c1-12(2)14-8-7-9-15(13(3)4)18(14)21-16-10-5-6-11-17(16)24-19(21)20(22)23/h5-13H,1-4H3/p+1. The Hall–Kier alpha value is -2.20. The van der Waals surface area contributed by atoms with Crippen LogP contribution in [-0.4, -0.2) is 11.1 Å². The summed E-state index contributed by atoms with van der Waals surface area (Å²) < 4.78 is 2.93. The minimum absolute atomic E-state index is 0.312. The van der Waals surface area contributed by atoms with Gasteiger partial charge in [-0.05, 0) is 17.9 Å². The number of carboxylic acids is 1. The number of nitrogens with zero attached hydrogens (tertiary/aromatic N) is 1. The molecule has 0 bridgehead atoms. The molecule has 0 spiro atoms. The number of thiazole rings is 1. The van der Waals surface area contributed by atoms with Crippen LogP contribution < -0.4 is 4.57 Å². The Morgan fingerprint density at radius 2 is 1.54 bits per heavy atom. The summed E-state index contributed by atoms with van der Waals surface area (Å²) in [6.45, 7) is 8.61. The van der Waals surface area contributed by atoms with Crippen LogP contribution in [0.2, 0.25) is 0 Å². The van der Waals surface area contributed by atoms with Gasteiger partial charge in [-0.3, -0.25) is 0 Å². The summed E-state index contributed by atoms with van der Waals surface area (Å²) in [7, 11) is 0. The number of para-hydroxylation sites is 2. The highest BCUT2D eigenvalue weighted by atomic mass is 32.1. The summed E-state index contributed by atoms with van der Waals surface area (Å²) in [4.78, 5) is 11.9. The minimum Gasteiger partial charge on any atom is -0.473 e. The molecule has 0 aliphatic heterocycles. The maximum absolute atomic E-state index is 11.9. The fraction of sp³-hybridized carbons (Fsp3) is 0.300. The fourth-order valence-corrected chi connectivity index (χ4v) is 4.11. The Morgan fingerprint density at radius 3 is 2.08 bits per heavy atom. The molecule has 0 aliphatic carbocycles. The third kappa shape index (κ3) is 2.71. The highest BCUT2D eigenvalue weighted by molar-refractivity contribution is 7.19.